The quantitative estimate of drug-likeness (QED) is 0.137. The zero-order valence-corrected chi connectivity index (χ0v) is 28.0. The number of nitrogens with one attached hydrogen (secondary N) is 1. The molecule has 0 radical (unpaired) electrons. The molecular formula is C39H51N3O2. The van der Waals surface area contributed by atoms with Crippen LogP contribution in [-0.4, -0.2) is 25.0 Å². The van der Waals surface area contributed by atoms with Crippen LogP contribution in [0.2, 0.25) is 0 Å². The van der Waals surface area contributed by atoms with Gasteiger partial charge in [-0.3, -0.25) is 24.9 Å². The lowest BCUT2D eigenvalue weighted by molar-refractivity contribution is -0.122. The zero-order chi connectivity index (χ0) is 33.3. The first-order chi connectivity index (χ1) is 20.9. The molecule has 3 aromatic rings. The van der Waals surface area contributed by atoms with Crippen molar-refractivity contribution in [3.63, 3.8) is 0 Å². The molecule has 0 unspecified atom stereocenters. The molecule has 0 amide bonds. The lowest BCUT2D eigenvalue weighted by Gasteiger charge is -2.34. The van der Waals surface area contributed by atoms with Gasteiger partial charge in [-0.25, -0.2) is 0 Å². The summed E-state index contributed by atoms with van der Waals surface area (Å²) in [7, 11) is 0. The van der Waals surface area contributed by atoms with Crippen LogP contribution < -0.4 is 5.32 Å². The topological polar surface area (TPSA) is 70.9 Å². The fourth-order valence-corrected chi connectivity index (χ4v) is 4.97. The highest BCUT2D eigenvalue weighted by Gasteiger charge is 2.38. The van der Waals surface area contributed by atoms with Crippen molar-refractivity contribution in [3.8, 4) is 0 Å². The van der Waals surface area contributed by atoms with Crippen LogP contribution in [0.3, 0.4) is 0 Å². The van der Waals surface area contributed by atoms with E-state index in [2.05, 4.69) is 56.1 Å². The van der Waals surface area contributed by atoms with Crippen LogP contribution in [0.25, 0.3) is 0 Å². The molecular weight excluding hydrogens is 542 g/mol. The average Bonchev–Trinajstić information content (AvgIpc) is 3.01. The smallest absolute Gasteiger partial charge is 0.160 e. The number of ketones is 2. The molecule has 0 saturated heterocycles. The Balaban J connectivity index is 0.000000627. The monoisotopic (exact) mass is 593 g/mol. The van der Waals surface area contributed by atoms with E-state index in [1.807, 2.05) is 99.6 Å². The number of rotatable bonds is 11. The number of hydrogen-bond acceptors (Lipinski definition) is 5. The van der Waals surface area contributed by atoms with E-state index in [0.29, 0.717) is 6.54 Å². The maximum atomic E-state index is 13.1. The standard InChI is InChI=1S/C28H31NO2.C8H14N2.C3H6/c1-20(30)25-18-22(16-17-26(25)27(3,4)5)19-29-28(21(2)31,23-12-8-6-9-13-23)24-14-10-7-11-15-24;1-5-7(9-3)8(6-2)10-4;1-3-2/h6-18,29H,19H2,1-5H3;3-6H2,1-2H3;3H,1H2,2H3/b;8-7-;. The molecule has 0 bridgehead atoms. The first-order valence-electron chi connectivity index (χ1n) is 15.1. The Morgan fingerprint density at radius 2 is 1.23 bits per heavy atom. The van der Waals surface area contributed by atoms with Gasteiger partial charge in [0.15, 0.2) is 11.6 Å². The Morgan fingerprint density at radius 3 is 1.55 bits per heavy atom. The van der Waals surface area contributed by atoms with Crippen molar-refractivity contribution in [3.05, 3.63) is 131 Å². The fourth-order valence-electron chi connectivity index (χ4n) is 4.97. The predicted octanol–water partition coefficient (Wildman–Crippen LogP) is 9.42. The fraction of sp³-hybridized carbons (Fsp3) is 0.333. The van der Waals surface area contributed by atoms with Gasteiger partial charge in [-0.05, 0) is 80.8 Å². The van der Waals surface area contributed by atoms with E-state index in [4.69, 9.17) is 0 Å². The van der Waals surface area contributed by atoms with Crippen LogP contribution in [0.15, 0.2) is 113 Å². The van der Waals surface area contributed by atoms with E-state index in [-0.39, 0.29) is 17.0 Å². The van der Waals surface area contributed by atoms with Crippen LogP contribution >= 0.6 is 0 Å². The molecule has 0 fully saturated rings. The zero-order valence-electron chi connectivity index (χ0n) is 28.0. The van der Waals surface area contributed by atoms with Crippen molar-refractivity contribution < 1.29 is 9.59 Å². The molecule has 1 N–H and O–H groups in total. The normalized spacial score (nSPS) is 11.5. The summed E-state index contributed by atoms with van der Waals surface area (Å²) in [5.41, 5.74) is 5.35. The number of Topliss-reactive ketones (excluding diaryl/α,β-unsaturated/α-hetero) is 2. The van der Waals surface area contributed by atoms with Crippen LogP contribution in [0.5, 0.6) is 0 Å². The van der Waals surface area contributed by atoms with Crippen LogP contribution in [-0.2, 0) is 22.3 Å². The maximum Gasteiger partial charge on any atom is 0.160 e. The van der Waals surface area contributed by atoms with Gasteiger partial charge in [0.1, 0.15) is 5.54 Å². The molecule has 0 heterocycles. The Morgan fingerprint density at radius 1 is 0.795 bits per heavy atom. The lowest BCUT2D eigenvalue weighted by Crippen LogP contribution is -2.48. The third-order valence-corrected chi connectivity index (χ3v) is 7.16. The number of carbonyl (C=O) groups excluding carboxylic acids is 2. The van der Waals surface area contributed by atoms with E-state index >= 15 is 0 Å². The summed E-state index contributed by atoms with van der Waals surface area (Å²) < 4.78 is 0. The summed E-state index contributed by atoms with van der Waals surface area (Å²) in [6.45, 7) is 26.2. The maximum absolute atomic E-state index is 13.1. The minimum atomic E-state index is -0.971. The predicted molar refractivity (Wildman–Crippen MR) is 189 cm³/mol. The van der Waals surface area contributed by atoms with E-state index < -0.39 is 5.54 Å². The van der Waals surface area contributed by atoms with Gasteiger partial charge in [0.05, 0.1) is 11.4 Å². The second-order valence-corrected chi connectivity index (χ2v) is 11.4. The SMILES string of the molecule is C=CC.C=N/C(CC)=C(/CC)N=C.CC(=O)c1cc(CNC(C(C)=O)(c2ccccc2)c2ccccc2)ccc1C(C)(C)C. The first kappa shape index (κ1) is 37.8. The third-order valence-electron chi connectivity index (χ3n) is 7.16. The lowest BCUT2D eigenvalue weighted by atomic mass is 9.79. The van der Waals surface area contributed by atoms with E-state index in [9.17, 15) is 9.59 Å². The highest BCUT2D eigenvalue weighted by Crippen LogP contribution is 2.32. The molecule has 0 saturated carbocycles. The van der Waals surface area contributed by atoms with Gasteiger partial charge in [-0.15, -0.1) is 6.58 Å². The third kappa shape index (κ3) is 10.2. The molecule has 44 heavy (non-hydrogen) atoms. The first-order valence-corrected chi connectivity index (χ1v) is 15.1. The average molecular weight is 594 g/mol. The Labute approximate surface area is 266 Å². The second kappa shape index (κ2) is 18.4. The van der Waals surface area contributed by atoms with E-state index in [1.54, 1.807) is 19.9 Å². The number of benzene rings is 3. The number of hydrogen-bond donors (Lipinski definition) is 1. The van der Waals surface area contributed by atoms with Gasteiger partial charge in [-0.1, -0.05) is 113 Å². The van der Waals surface area contributed by atoms with Crippen molar-refractivity contribution in [2.75, 3.05) is 0 Å². The minimum absolute atomic E-state index is 0.0167. The van der Waals surface area contributed by atoms with Gasteiger partial charge >= 0.3 is 0 Å². The number of allylic oxidation sites excluding steroid dienone is 3. The van der Waals surface area contributed by atoms with Gasteiger partial charge in [0.25, 0.3) is 0 Å². The summed E-state index contributed by atoms with van der Waals surface area (Å²) in [6.07, 6.45) is 3.51. The second-order valence-electron chi connectivity index (χ2n) is 11.4. The summed E-state index contributed by atoms with van der Waals surface area (Å²) >= 11 is 0. The van der Waals surface area contributed by atoms with E-state index in [0.717, 1.165) is 52.1 Å². The van der Waals surface area contributed by atoms with Crippen LogP contribution in [0, 0.1) is 0 Å². The molecule has 0 aliphatic heterocycles. The molecule has 0 atom stereocenters. The molecule has 234 valence electrons. The summed E-state index contributed by atoms with van der Waals surface area (Å²) in [4.78, 5) is 33.2. The van der Waals surface area contributed by atoms with E-state index in [1.165, 1.54) is 0 Å². The van der Waals surface area contributed by atoms with Crippen LogP contribution in [0.1, 0.15) is 101 Å². The Kier molecular flexibility index (Phi) is 15.8. The van der Waals surface area contributed by atoms with Crippen molar-refractivity contribution >= 4 is 25.0 Å². The van der Waals surface area contributed by atoms with Gasteiger partial charge in [0, 0.05) is 12.1 Å². The molecule has 3 aromatic carbocycles. The highest BCUT2D eigenvalue weighted by molar-refractivity contribution is 5.96. The number of carbonyl (C=O) groups is 2. The molecule has 0 aliphatic rings. The molecule has 0 spiro atoms. The number of aliphatic imine (C=N–C) groups is 2. The Bertz CT molecular complexity index is 1360. The van der Waals surface area contributed by atoms with Crippen molar-refractivity contribution in [1.82, 2.24) is 5.32 Å². The minimum Gasteiger partial charge on any atom is -0.297 e. The highest BCUT2D eigenvalue weighted by atomic mass is 16.1. The Hall–Kier alpha value is -4.22. The van der Waals surface area contributed by atoms with Gasteiger partial charge < -0.3 is 0 Å². The molecule has 0 aromatic heterocycles. The van der Waals surface area contributed by atoms with Gasteiger partial charge in [0.2, 0.25) is 0 Å². The van der Waals surface area contributed by atoms with Gasteiger partial charge in [-0.2, -0.15) is 0 Å². The van der Waals surface area contributed by atoms with Crippen molar-refractivity contribution in [2.45, 2.75) is 85.7 Å². The molecule has 3 rings (SSSR count). The number of nitrogens with zero attached hydrogens (tertiary/aromatic N) is 2. The summed E-state index contributed by atoms with van der Waals surface area (Å²) in [5, 5.41) is 3.55. The molecule has 0 aliphatic carbocycles. The molecule has 5 nitrogen and oxygen atoms in total. The van der Waals surface area contributed by atoms with Crippen molar-refractivity contribution in [2.24, 2.45) is 9.98 Å². The van der Waals surface area contributed by atoms with Crippen molar-refractivity contribution in [1.29, 1.82) is 0 Å². The largest absolute Gasteiger partial charge is 0.297 e. The summed E-state index contributed by atoms with van der Waals surface area (Å²) in [5.74, 6) is 0.0683. The molecule has 5 heteroatoms. The van der Waals surface area contributed by atoms with Crippen LogP contribution in [0.4, 0.5) is 0 Å². The summed E-state index contributed by atoms with van der Waals surface area (Å²) in [6, 6.07) is 25.6.